The van der Waals surface area contributed by atoms with Gasteiger partial charge >= 0.3 is 12.0 Å². The van der Waals surface area contributed by atoms with E-state index in [9.17, 15) is 14.7 Å². The Kier molecular flexibility index (Phi) is 6.78. The summed E-state index contributed by atoms with van der Waals surface area (Å²) in [6, 6.07) is -0.555. The first-order valence-corrected chi connectivity index (χ1v) is 7.32. The lowest BCUT2D eigenvalue weighted by atomic mass is 10.0. The maximum atomic E-state index is 12.2. The van der Waals surface area contributed by atoms with E-state index in [1.54, 1.807) is 4.90 Å². The third kappa shape index (κ3) is 4.67. The van der Waals surface area contributed by atoms with Crippen molar-refractivity contribution in [2.45, 2.75) is 39.7 Å². The van der Waals surface area contributed by atoms with E-state index in [0.717, 1.165) is 12.8 Å². The first-order chi connectivity index (χ1) is 9.47. The van der Waals surface area contributed by atoms with Crippen molar-refractivity contribution in [1.29, 1.82) is 0 Å². The van der Waals surface area contributed by atoms with Crippen LogP contribution in [0, 0.1) is 11.8 Å². The van der Waals surface area contributed by atoms with E-state index in [4.69, 9.17) is 4.74 Å². The Morgan fingerprint density at radius 1 is 1.40 bits per heavy atom. The van der Waals surface area contributed by atoms with Crippen LogP contribution in [0.2, 0.25) is 0 Å². The van der Waals surface area contributed by atoms with Crippen molar-refractivity contribution in [3.63, 3.8) is 0 Å². The molecule has 0 bridgehead atoms. The van der Waals surface area contributed by atoms with Crippen molar-refractivity contribution in [2.24, 2.45) is 11.8 Å². The van der Waals surface area contributed by atoms with Gasteiger partial charge in [-0.1, -0.05) is 20.8 Å². The summed E-state index contributed by atoms with van der Waals surface area (Å²) in [6.45, 7) is 7.81. The standard InChI is InChI=1S/C14H26N2O4/c1-4-7-16(14(19)15-6-5-10(2)3)12-9-20-8-11(12)13(17)18/h10-12H,4-9H2,1-3H3,(H,15,19)(H,17,18). The van der Waals surface area contributed by atoms with E-state index >= 15 is 0 Å². The van der Waals surface area contributed by atoms with E-state index in [2.05, 4.69) is 19.2 Å². The molecule has 6 heteroatoms. The molecule has 1 saturated heterocycles. The Morgan fingerprint density at radius 3 is 2.65 bits per heavy atom. The SMILES string of the molecule is CCCN(C(=O)NCCC(C)C)C1COCC1C(=O)O. The molecule has 1 rings (SSSR count). The molecule has 1 heterocycles. The molecule has 0 aromatic rings. The highest BCUT2D eigenvalue weighted by atomic mass is 16.5. The fourth-order valence-electron chi connectivity index (χ4n) is 2.31. The van der Waals surface area contributed by atoms with Crippen LogP contribution < -0.4 is 5.32 Å². The van der Waals surface area contributed by atoms with Gasteiger partial charge in [-0.25, -0.2) is 4.79 Å². The zero-order valence-corrected chi connectivity index (χ0v) is 12.6. The number of carbonyl (C=O) groups is 2. The summed E-state index contributed by atoms with van der Waals surface area (Å²) in [4.78, 5) is 25.1. The molecule has 1 aliphatic heterocycles. The predicted octanol–water partition coefficient (Wildman–Crippen LogP) is 1.55. The van der Waals surface area contributed by atoms with Gasteiger partial charge in [-0.2, -0.15) is 0 Å². The van der Waals surface area contributed by atoms with Gasteiger partial charge in [-0.15, -0.1) is 0 Å². The lowest BCUT2D eigenvalue weighted by Gasteiger charge is -2.30. The van der Waals surface area contributed by atoms with Crippen LogP contribution in [-0.2, 0) is 9.53 Å². The first kappa shape index (κ1) is 16.8. The number of nitrogens with zero attached hydrogens (tertiary/aromatic N) is 1. The molecule has 2 N–H and O–H groups in total. The van der Waals surface area contributed by atoms with Crippen molar-refractivity contribution >= 4 is 12.0 Å². The maximum Gasteiger partial charge on any atom is 0.317 e. The average Bonchev–Trinajstić information content (AvgIpc) is 2.84. The minimum atomic E-state index is -0.899. The molecule has 6 nitrogen and oxygen atoms in total. The van der Waals surface area contributed by atoms with Crippen LogP contribution in [0.15, 0.2) is 0 Å². The van der Waals surface area contributed by atoms with Crippen molar-refractivity contribution in [3.05, 3.63) is 0 Å². The zero-order valence-electron chi connectivity index (χ0n) is 12.6. The minimum Gasteiger partial charge on any atom is -0.481 e. The van der Waals surface area contributed by atoms with Crippen LogP contribution in [0.4, 0.5) is 4.79 Å². The Labute approximate surface area is 120 Å². The normalized spacial score (nSPS) is 22.0. The highest BCUT2D eigenvalue weighted by Gasteiger charge is 2.39. The zero-order chi connectivity index (χ0) is 15.1. The molecule has 0 aromatic heterocycles. The second-order valence-electron chi connectivity index (χ2n) is 5.66. The van der Waals surface area contributed by atoms with Gasteiger partial charge < -0.3 is 20.1 Å². The van der Waals surface area contributed by atoms with E-state index in [1.807, 2.05) is 6.92 Å². The smallest absolute Gasteiger partial charge is 0.317 e. The lowest BCUT2D eigenvalue weighted by molar-refractivity contribution is -0.142. The number of hydrogen-bond acceptors (Lipinski definition) is 3. The number of carboxylic acids is 1. The number of urea groups is 1. The van der Waals surface area contributed by atoms with Crippen molar-refractivity contribution in [2.75, 3.05) is 26.3 Å². The third-order valence-electron chi connectivity index (χ3n) is 3.49. The summed E-state index contributed by atoms with van der Waals surface area (Å²) in [5.74, 6) is -1.00. The molecular formula is C14H26N2O4. The summed E-state index contributed by atoms with van der Waals surface area (Å²) in [7, 11) is 0. The quantitative estimate of drug-likeness (QED) is 0.744. The van der Waals surface area contributed by atoms with Crippen LogP contribution in [0.3, 0.4) is 0 Å². The van der Waals surface area contributed by atoms with Gasteiger partial charge in [0.25, 0.3) is 0 Å². The predicted molar refractivity (Wildman–Crippen MR) is 75.6 cm³/mol. The Hall–Kier alpha value is -1.30. The van der Waals surface area contributed by atoms with Crippen molar-refractivity contribution < 1.29 is 19.4 Å². The Balaban J connectivity index is 2.62. The van der Waals surface area contributed by atoms with Gasteiger partial charge in [0.15, 0.2) is 0 Å². The number of hydrogen-bond donors (Lipinski definition) is 2. The second kappa shape index (κ2) is 8.09. The third-order valence-corrected chi connectivity index (χ3v) is 3.49. The van der Waals surface area contributed by atoms with E-state index in [1.165, 1.54) is 0 Å². The van der Waals surface area contributed by atoms with Gasteiger partial charge in [0, 0.05) is 13.1 Å². The number of carboxylic acid groups (broad SMARTS) is 1. The molecule has 0 saturated carbocycles. The van der Waals surface area contributed by atoms with Crippen LogP contribution in [-0.4, -0.2) is 54.4 Å². The molecule has 1 aliphatic rings. The van der Waals surface area contributed by atoms with Crippen LogP contribution in [0.25, 0.3) is 0 Å². The van der Waals surface area contributed by atoms with Gasteiger partial charge in [0.05, 0.1) is 19.3 Å². The molecule has 0 aliphatic carbocycles. The van der Waals surface area contributed by atoms with E-state index in [-0.39, 0.29) is 18.7 Å². The fourth-order valence-corrected chi connectivity index (χ4v) is 2.31. The monoisotopic (exact) mass is 286 g/mol. The molecule has 2 unspecified atom stereocenters. The molecular weight excluding hydrogens is 260 g/mol. The van der Waals surface area contributed by atoms with E-state index in [0.29, 0.717) is 25.6 Å². The summed E-state index contributed by atoms with van der Waals surface area (Å²) < 4.78 is 5.25. The molecule has 116 valence electrons. The summed E-state index contributed by atoms with van der Waals surface area (Å²) in [5.41, 5.74) is 0. The molecule has 20 heavy (non-hydrogen) atoms. The summed E-state index contributed by atoms with van der Waals surface area (Å²) in [5, 5.41) is 12.1. The summed E-state index contributed by atoms with van der Waals surface area (Å²) in [6.07, 6.45) is 1.70. The van der Waals surface area contributed by atoms with Crippen LogP contribution in [0.1, 0.15) is 33.6 Å². The van der Waals surface area contributed by atoms with Crippen molar-refractivity contribution in [3.8, 4) is 0 Å². The Morgan fingerprint density at radius 2 is 2.10 bits per heavy atom. The van der Waals surface area contributed by atoms with Gasteiger partial charge in [0.2, 0.25) is 0 Å². The Bertz CT molecular complexity index is 333. The number of rotatable bonds is 7. The molecule has 0 spiro atoms. The minimum absolute atomic E-state index is 0.180. The number of carbonyl (C=O) groups excluding carboxylic acids is 1. The van der Waals surface area contributed by atoms with Crippen molar-refractivity contribution in [1.82, 2.24) is 10.2 Å². The maximum absolute atomic E-state index is 12.2. The number of aliphatic carboxylic acids is 1. The molecule has 1 fully saturated rings. The van der Waals surface area contributed by atoms with Gasteiger partial charge in [-0.3, -0.25) is 4.79 Å². The van der Waals surface area contributed by atoms with E-state index < -0.39 is 11.9 Å². The number of ether oxygens (including phenoxy) is 1. The largest absolute Gasteiger partial charge is 0.481 e. The lowest BCUT2D eigenvalue weighted by Crippen LogP contribution is -2.51. The van der Waals surface area contributed by atoms with Gasteiger partial charge in [-0.05, 0) is 18.8 Å². The van der Waals surface area contributed by atoms with Gasteiger partial charge in [0.1, 0.15) is 5.92 Å². The topological polar surface area (TPSA) is 78.9 Å². The molecule has 0 radical (unpaired) electrons. The fraction of sp³-hybridized carbons (Fsp3) is 0.857. The highest BCUT2D eigenvalue weighted by Crippen LogP contribution is 2.20. The molecule has 2 amide bonds. The van der Waals surface area contributed by atoms with Crippen LogP contribution in [0.5, 0.6) is 0 Å². The second-order valence-corrected chi connectivity index (χ2v) is 5.66. The number of nitrogens with one attached hydrogen (secondary N) is 1. The first-order valence-electron chi connectivity index (χ1n) is 7.32. The molecule has 2 atom stereocenters. The summed E-state index contributed by atoms with van der Waals surface area (Å²) >= 11 is 0. The highest BCUT2D eigenvalue weighted by molar-refractivity contribution is 5.77. The van der Waals surface area contributed by atoms with Crippen LogP contribution >= 0.6 is 0 Å². The average molecular weight is 286 g/mol. The number of amides is 2. The molecule has 0 aromatic carbocycles.